The van der Waals surface area contributed by atoms with Crippen LogP contribution < -0.4 is 10.1 Å². The van der Waals surface area contributed by atoms with E-state index < -0.39 is 0 Å². The van der Waals surface area contributed by atoms with Crippen molar-refractivity contribution in [1.82, 2.24) is 15.2 Å². The van der Waals surface area contributed by atoms with Crippen LogP contribution in [0.25, 0.3) is 10.9 Å². The molecule has 4 nitrogen and oxygen atoms in total. The van der Waals surface area contributed by atoms with Gasteiger partial charge in [-0.2, -0.15) is 0 Å². The van der Waals surface area contributed by atoms with E-state index in [9.17, 15) is 0 Å². The summed E-state index contributed by atoms with van der Waals surface area (Å²) >= 11 is 0. The zero-order valence-electron chi connectivity index (χ0n) is 17.6. The van der Waals surface area contributed by atoms with Crippen LogP contribution in [-0.2, 0) is 0 Å². The van der Waals surface area contributed by atoms with E-state index in [0.29, 0.717) is 0 Å². The number of fused-ring (bicyclic) bond motifs is 1. The third-order valence-electron chi connectivity index (χ3n) is 5.14. The van der Waals surface area contributed by atoms with Gasteiger partial charge in [0.2, 0.25) is 0 Å². The molecule has 0 radical (unpaired) electrons. The van der Waals surface area contributed by atoms with Crippen LogP contribution in [0, 0.1) is 6.92 Å². The quantitative estimate of drug-likeness (QED) is 0.493. The van der Waals surface area contributed by atoms with Crippen molar-refractivity contribution in [3.05, 3.63) is 65.4 Å². The molecule has 1 atom stereocenters. The van der Waals surface area contributed by atoms with Crippen LogP contribution in [-0.4, -0.2) is 43.7 Å². The number of rotatable bonds is 10. The minimum Gasteiger partial charge on any atom is -0.494 e. The standard InChI is InChI=1S/C24H33N3O/c1-5-14-27(4)24(23-17-20-16-18(2)7-12-22(20)26-23)19-8-10-21(11-9-19)28-15-6-13-25-3/h7-12,16-17,24-26H,5-6,13-15H2,1-4H3. The summed E-state index contributed by atoms with van der Waals surface area (Å²) in [6.07, 6.45) is 2.13. The fourth-order valence-electron chi connectivity index (χ4n) is 3.76. The molecule has 150 valence electrons. The highest BCUT2D eigenvalue weighted by molar-refractivity contribution is 5.81. The predicted octanol–water partition coefficient (Wildman–Crippen LogP) is 4.90. The van der Waals surface area contributed by atoms with Gasteiger partial charge in [-0.1, -0.05) is 30.7 Å². The highest BCUT2D eigenvalue weighted by Gasteiger charge is 2.21. The van der Waals surface area contributed by atoms with Gasteiger partial charge < -0.3 is 15.0 Å². The summed E-state index contributed by atoms with van der Waals surface area (Å²) in [7, 11) is 4.17. The summed E-state index contributed by atoms with van der Waals surface area (Å²) in [6, 6.07) is 17.6. The highest BCUT2D eigenvalue weighted by atomic mass is 16.5. The van der Waals surface area contributed by atoms with E-state index >= 15 is 0 Å². The SMILES string of the molecule is CCCN(C)C(c1ccc(OCCCNC)cc1)c1cc2cc(C)ccc2[nH]1. The maximum atomic E-state index is 5.86. The molecule has 0 bridgehead atoms. The van der Waals surface area contributed by atoms with Crippen LogP contribution in [0.2, 0.25) is 0 Å². The van der Waals surface area contributed by atoms with Crippen molar-refractivity contribution < 1.29 is 4.74 Å². The molecule has 4 heteroatoms. The number of aryl methyl sites for hydroxylation is 1. The molecule has 1 unspecified atom stereocenters. The number of nitrogens with zero attached hydrogens (tertiary/aromatic N) is 1. The molecule has 1 heterocycles. The number of hydrogen-bond acceptors (Lipinski definition) is 3. The molecule has 3 rings (SSSR count). The fraction of sp³-hybridized carbons (Fsp3) is 0.417. The second-order valence-electron chi connectivity index (χ2n) is 7.57. The average Bonchev–Trinajstić information content (AvgIpc) is 3.09. The van der Waals surface area contributed by atoms with E-state index in [1.807, 2.05) is 7.05 Å². The third-order valence-corrected chi connectivity index (χ3v) is 5.14. The van der Waals surface area contributed by atoms with E-state index in [0.717, 1.165) is 38.3 Å². The maximum Gasteiger partial charge on any atom is 0.119 e. The summed E-state index contributed by atoms with van der Waals surface area (Å²) in [6.45, 7) is 7.12. The number of aromatic amines is 1. The number of nitrogens with one attached hydrogen (secondary N) is 2. The first-order chi connectivity index (χ1) is 13.6. The van der Waals surface area contributed by atoms with Crippen molar-refractivity contribution in [2.75, 3.05) is 33.8 Å². The number of hydrogen-bond donors (Lipinski definition) is 2. The first-order valence-electron chi connectivity index (χ1n) is 10.3. The largest absolute Gasteiger partial charge is 0.494 e. The number of aromatic nitrogens is 1. The van der Waals surface area contributed by atoms with E-state index in [-0.39, 0.29) is 6.04 Å². The summed E-state index contributed by atoms with van der Waals surface area (Å²) in [4.78, 5) is 6.06. The van der Waals surface area contributed by atoms with Crippen molar-refractivity contribution in [1.29, 1.82) is 0 Å². The van der Waals surface area contributed by atoms with Gasteiger partial charge in [0.25, 0.3) is 0 Å². The van der Waals surface area contributed by atoms with E-state index in [4.69, 9.17) is 4.74 Å². The zero-order valence-corrected chi connectivity index (χ0v) is 17.6. The summed E-state index contributed by atoms with van der Waals surface area (Å²) < 4.78 is 5.86. The second kappa shape index (κ2) is 9.76. The molecule has 0 saturated carbocycles. The zero-order chi connectivity index (χ0) is 19.9. The lowest BCUT2D eigenvalue weighted by atomic mass is 10.0. The fourth-order valence-corrected chi connectivity index (χ4v) is 3.76. The molecule has 0 amide bonds. The number of ether oxygens (including phenoxy) is 1. The summed E-state index contributed by atoms with van der Waals surface area (Å²) in [5.41, 5.74) is 5.00. The van der Waals surface area contributed by atoms with Gasteiger partial charge in [0.05, 0.1) is 12.6 Å². The van der Waals surface area contributed by atoms with Gasteiger partial charge in [-0.15, -0.1) is 0 Å². The van der Waals surface area contributed by atoms with Gasteiger partial charge in [0.1, 0.15) is 5.75 Å². The number of benzene rings is 2. The van der Waals surface area contributed by atoms with Gasteiger partial charge in [0, 0.05) is 11.2 Å². The number of H-pyrrole nitrogens is 1. The lowest BCUT2D eigenvalue weighted by molar-refractivity contribution is 0.275. The first-order valence-corrected chi connectivity index (χ1v) is 10.3. The van der Waals surface area contributed by atoms with Gasteiger partial charge >= 0.3 is 0 Å². The smallest absolute Gasteiger partial charge is 0.119 e. The Bertz CT molecular complexity index is 869. The summed E-state index contributed by atoms with van der Waals surface area (Å²) in [5, 5.41) is 4.42. The van der Waals surface area contributed by atoms with Gasteiger partial charge in [-0.3, -0.25) is 4.90 Å². The minimum absolute atomic E-state index is 0.200. The topological polar surface area (TPSA) is 40.3 Å². The van der Waals surface area contributed by atoms with Crippen LogP contribution in [0.3, 0.4) is 0 Å². The molecular formula is C24H33N3O. The molecule has 0 aliphatic rings. The van der Waals surface area contributed by atoms with Gasteiger partial charge in [-0.05, 0) is 88.2 Å². The molecule has 2 N–H and O–H groups in total. The lowest BCUT2D eigenvalue weighted by Gasteiger charge is -2.27. The Balaban J connectivity index is 1.85. The van der Waals surface area contributed by atoms with Crippen molar-refractivity contribution in [3.8, 4) is 5.75 Å². The molecule has 28 heavy (non-hydrogen) atoms. The van der Waals surface area contributed by atoms with E-state index in [2.05, 4.69) is 84.6 Å². The predicted molar refractivity (Wildman–Crippen MR) is 118 cm³/mol. The molecule has 0 fully saturated rings. The molecule has 1 aromatic heterocycles. The molecule has 0 aliphatic heterocycles. The van der Waals surface area contributed by atoms with Crippen molar-refractivity contribution in [3.63, 3.8) is 0 Å². The Kier molecular flexibility index (Phi) is 7.12. The van der Waals surface area contributed by atoms with Crippen LogP contribution in [0.4, 0.5) is 0 Å². The second-order valence-corrected chi connectivity index (χ2v) is 7.57. The Morgan fingerprint density at radius 1 is 1.11 bits per heavy atom. The van der Waals surface area contributed by atoms with Crippen LogP contribution in [0.15, 0.2) is 48.5 Å². The molecule has 0 aliphatic carbocycles. The monoisotopic (exact) mass is 379 g/mol. The third kappa shape index (κ3) is 4.94. The Hall–Kier alpha value is -2.30. The molecule has 3 aromatic rings. The van der Waals surface area contributed by atoms with Crippen molar-refractivity contribution >= 4 is 10.9 Å². The Labute approximate surface area is 168 Å². The minimum atomic E-state index is 0.200. The molecule has 0 saturated heterocycles. The van der Waals surface area contributed by atoms with Gasteiger partial charge in [0.15, 0.2) is 0 Å². The summed E-state index contributed by atoms with van der Waals surface area (Å²) in [5.74, 6) is 0.934. The first kappa shape index (κ1) is 20.4. The normalized spacial score (nSPS) is 12.6. The highest BCUT2D eigenvalue weighted by Crippen LogP contribution is 2.31. The molecule has 0 spiro atoms. The van der Waals surface area contributed by atoms with Crippen molar-refractivity contribution in [2.45, 2.75) is 32.7 Å². The van der Waals surface area contributed by atoms with Crippen LogP contribution in [0.1, 0.15) is 42.6 Å². The lowest BCUT2D eigenvalue weighted by Crippen LogP contribution is -2.26. The van der Waals surface area contributed by atoms with Crippen LogP contribution in [0.5, 0.6) is 5.75 Å². The van der Waals surface area contributed by atoms with Gasteiger partial charge in [-0.25, -0.2) is 0 Å². The molecular weight excluding hydrogens is 346 g/mol. The van der Waals surface area contributed by atoms with Crippen LogP contribution >= 0.6 is 0 Å². The Morgan fingerprint density at radius 3 is 2.61 bits per heavy atom. The Morgan fingerprint density at radius 2 is 1.89 bits per heavy atom. The molecule has 2 aromatic carbocycles. The van der Waals surface area contributed by atoms with E-state index in [1.165, 1.54) is 27.7 Å². The van der Waals surface area contributed by atoms with E-state index in [1.54, 1.807) is 0 Å². The van der Waals surface area contributed by atoms with Crippen molar-refractivity contribution in [2.24, 2.45) is 0 Å². The maximum absolute atomic E-state index is 5.86. The average molecular weight is 380 g/mol.